The second-order valence-corrected chi connectivity index (χ2v) is 9.50. The van der Waals surface area contributed by atoms with Crippen molar-refractivity contribution in [3.05, 3.63) is 95.6 Å². The number of ether oxygens (including phenoxy) is 2. The third kappa shape index (κ3) is 7.06. The fourth-order valence-electron chi connectivity index (χ4n) is 2.98. The van der Waals surface area contributed by atoms with E-state index < -0.39 is 7.60 Å². The van der Waals surface area contributed by atoms with Crippen LogP contribution in [0.25, 0.3) is 0 Å². The molecule has 0 spiro atoms. The van der Waals surface area contributed by atoms with Gasteiger partial charge in [-0.3, -0.25) is 9.36 Å². The third-order valence-electron chi connectivity index (χ3n) is 4.95. The lowest BCUT2D eigenvalue weighted by atomic mass is 10.1. The number of ketones is 1. The quantitative estimate of drug-likeness (QED) is 0.264. The van der Waals surface area contributed by atoms with Crippen LogP contribution in [0, 0.1) is 0 Å². The molecule has 6 nitrogen and oxygen atoms in total. The molecule has 0 fully saturated rings. The zero-order valence-corrected chi connectivity index (χ0v) is 19.1. The normalized spacial score (nSPS) is 11.2. The fraction of sp³-hybridized carbons (Fsp3) is 0.240. The van der Waals surface area contributed by atoms with Gasteiger partial charge in [0.05, 0.1) is 6.16 Å². The second kappa shape index (κ2) is 11.6. The number of Topliss-reactive ketones (excluding diaryl/α,β-unsaturated/α-hetero) is 1. The topological polar surface area (TPSA) is 71.1 Å². The first-order chi connectivity index (χ1) is 15.5. The summed E-state index contributed by atoms with van der Waals surface area (Å²) in [7, 11) is -0.216. The molecule has 7 heteroatoms. The molecule has 32 heavy (non-hydrogen) atoms. The molecule has 3 rings (SSSR count). The Labute approximate surface area is 188 Å². The minimum absolute atomic E-state index is 0.00355. The highest BCUT2D eigenvalue weighted by atomic mass is 31.2. The van der Waals surface area contributed by atoms with Gasteiger partial charge < -0.3 is 18.5 Å². The van der Waals surface area contributed by atoms with Gasteiger partial charge in [0.25, 0.3) is 0 Å². The lowest BCUT2D eigenvalue weighted by Gasteiger charge is -2.13. The van der Waals surface area contributed by atoms with Crippen LogP contribution in [0.3, 0.4) is 0 Å². The maximum Gasteiger partial charge on any atom is 0.330 e. The molecule has 0 atom stereocenters. The summed E-state index contributed by atoms with van der Waals surface area (Å²) in [6, 6.07) is 24.2. The Morgan fingerprint density at radius 3 is 1.91 bits per heavy atom. The monoisotopic (exact) mass is 454 g/mol. The average Bonchev–Trinajstić information content (AvgIpc) is 2.86. The van der Waals surface area contributed by atoms with Crippen LogP contribution in [-0.4, -0.2) is 32.8 Å². The summed E-state index contributed by atoms with van der Waals surface area (Å²) in [4.78, 5) is 12.1. The van der Waals surface area contributed by atoms with Crippen molar-refractivity contribution in [3.63, 3.8) is 0 Å². The number of benzene rings is 3. The molecule has 0 aliphatic rings. The van der Waals surface area contributed by atoms with E-state index in [1.54, 1.807) is 12.1 Å². The van der Waals surface area contributed by atoms with E-state index in [2.05, 4.69) is 0 Å². The molecule has 0 heterocycles. The maximum atomic E-state index is 12.1. The van der Waals surface area contributed by atoms with Gasteiger partial charge in [-0.2, -0.15) is 0 Å². The standard InChI is InChI=1S/C25H27O6P/c1-28-32(27,29-2)17-16-20-8-12-23(13-9-20)30-18-21-10-14-24(15-11-21)31-19-25(26)22-6-4-3-5-7-22/h3-15H,16-19H2,1-2H3. The van der Waals surface area contributed by atoms with Gasteiger partial charge in [-0.05, 0) is 41.8 Å². The van der Waals surface area contributed by atoms with Crippen molar-refractivity contribution in [2.45, 2.75) is 13.0 Å². The van der Waals surface area contributed by atoms with E-state index in [9.17, 15) is 9.36 Å². The van der Waals surface area contributed by atoms with Crippen LogP contribution in [0.4, 0.5) is 0 Å². The van der Waals surface area contributed by atoms with Crippen molar-refractivity contribution in [3.8, 4) is 11.5 Å². The van der Waals surface area contributed by atoms with Gasteiger partial charge in [0, 0.05) is 19.8 Å². The van der Waals surface area contributed by atoms with Gasteiger partial charge in [0.1, 0.15) is 18.1 Å². The zero-order chi connectivity index (χ0) is 22.8. The Bertz CT molecular complexity index is 1020. The molecule has 0 radical (unpaired) electrons. The molecule has 0 bridgehead atoms. The van der Waals surface area contributed by atoms with E-state index in [0.29, 0.717) is 30.5 Å². The van der Waals surface area contributed by atoms with Crippen LogP contribution in [-0.2, 0) is 26.6 Å². The van der Waals surface area contributed by atoms with E-state index in [-0.39, 0.29) is 12.4 Å². The fourth-order valence-corrected chi connectivity index (χ4v) is 4.03. The minimum atomic E-state index is -3.00. The lowest BCUT2D eigenvalue weighted by Crippen LogP contribution is -2.11. The van der Waals surface area contributed by atoms with Gasteiger partial charge in [-0.15, -0.1) is 0 Å². The summed E-state index contributed by atoms with van der Waals surface area (Å²) in [5.41, 5.74) is 2.64. The van der Waals surface area contributed by atoms with Crippen molar-refractivity contribution < 1.29 is 27.9 Å². The molecule has 3 aromatic carbocycles. The lowest BCUT2D eigenvalue weighted by molar-refractivity contribution is 0.0921. The van der Waals surface area contributed by atoms with Crippen molar-refractivity contribution in [1.82, 2.24) is 0 Å². The summed E-state index contributed by atoms with van der Waals surface area (Å²) in [5.74, 6) is 1.31. The summed E-state index contributed by atoms with van der Waals surface area (Å²) in [5, 5.41) is 0. The minimum Gasteiger partial charge on any atom is -0.489 e. The molecular weight excluding hydrogens is 427 g/mol. The van der Waals surface area contributed by atoms with Crippen LogP contribution in [0.1, 0.15) is 21.5 Å². The molecule has 0 aliphatic carbocycles. The summed E-state index contributed by atoms with van der Waals surface area (Å²) >= 11 is 0. The Morgan fingerprint density at radius 1 is 0.750 bits per heavy atom. The van der Waals surface area contributed by atoms with E-state index in [1.807, 2.05) is 66.7 Å². The largest absolute Gasteiger partial charge is 0.489 e. The molecule has 0 saturated heterocycles. The molecule has 168 valence electrons. The van der Waals surface area contributed by atoms with Crippen LogP contribution >= 0.6 is 7.60 Å². The number of carbonyl (C=O) groups excluding carboxylic acids is 1. The number of rotatable bonds is 12. The van der Waals surface area contributed by atoms with E-state index in [0.717, 1.165) is 16.9 Å². The Morgan fingerprint density at radius 2 is 1.31 bits per heavy atom. The van der Waals surface area contributed by atoms with E-state index >= 15 is 0 Å². The first-order valence-corrected chi connectivity index (χ1v) is 12.0. The highest BCUT2D eigenvalue weighted by Crippen LogP contribution is 2.46. The van der Waals surface area contributed by atoms with Crippen molar-refractivity contribution in [1.29, 1.82) is 0 Å². The smallest absolute Gasteiger partial charge is 0.330 e. The molecule has 0 N–H and O–H groups in total. The molecule has 0 amide bonds. The first-order valence-electron chi connectivity index (χ1n) is 10.2. The van der Waals surface area contributed by atoms with E-state index in [1.165, 1.54) is 14.2 Å². The predicted octanol–water partition coefficient (Wildman–Crippen LogP) is 5.56. The molecule has 0 aromatic heterocycles. The van der Waals surface area contributed by atoms with Crippen molar-refractivity contribution in [2.24, 2.45) is 0 Å². The molecule has 0 saturated carbocycles. The predicted molar refractivity (Wildman–Crippen MR) is 124 cm³/mol. The zero-order valence-electron chi connectivity index (χ0n) is 18.2. The van der Waals surface area contributed by atoms with Crippen LogP contribution in [0.2, 0.25) is 0 Å². The third-order valence-corrected chi connectivity index (χ3v) is 6.83. The van der Waals surface area contributed by atoms with Crippen molar-refractivity contribution >= 4 is 13.4 Å². The molecule has 0 unspecified atom stereocenters. The average molecular weight is 454 g/mol. The summed E-state index contributed by atoms with van der Waals surface area (Å²) in [6.07, 6.45) is 0.916. The number of aryl methyl sites for hydroxylation is 1. The second-order valence-electron chi connectivity index (χ2n) is 7.10. The Hall–Kier alpha value is -2.92. The SMILES string of the molecule is COP(=O)(CCc1ccc(OCc2ccc(OCC(=O)c3ccccc3)cc2)cc1)OC. The maximum absolute atomic E-state index is 12.1. The number of carbonyl (C=O) groups is 1. The number of hydrogen-bond acceptors (Lipinski definition) is 6. The van der Waals surface area contributed by atoms with Crippen molar-refractivity contribution in [2.75, 3.05) is 27.0 Å². The summed E-state index contributed by atoms with van der Waals surface area (Å²) in [6.45, 7) is 0.404. The Balaban J connectivity index is 1.44. The van der Waals surface area contributed by atoms with Gasteiger partial charge in [-0.1, -0.05) is 54.6 Å². The van der Waals surface area contributed by atoms with Crippen LogP contribution < -0.4 is 9.47 Å². The van der Waals surface area contributed by atoms with Gasteiger partial charge in [-0.25, -0.2) is 0 Å². The van der Waals surface area contributed by atoms with Crippen LogP contribution in [0.5, 0.6) is 11.5 Å². The Kier molecular flexibility index (Phi) is 8.63. The van der Waals surface area contributed by atoms with Gasteiger partial charge in [0.15, 0.2) is 12.4 Å². The molecule has 3 aromatic rings. The molecular formula is C25H27O6P. The highest BCUT2D eigenvalue weighted by Gasteiger charge is 2.20. The highest BCUT2D eigenvalue weighted by molar-refractivity contribution is 7.53. The van der Waals surface area contributed by atoms with Gasteiger partial charge >= 0.3 is 7.60 Å². The molecule has 0 aliphatic heterocycles. The number of hydrogen-bond donors (Lipinski definition) is 0. The van der Waals surface area contributed by atoms with E-state index in [4.69, 9.17) is 18.5 Å². The van der Waals surface area contributed by atoms with Gasteiger partial charge in [0.2, 0.25) is 0 Å². The first kappa shape index (κ1) is 23.7. The van der Waals surface area contributed by atoms with Crippen LogP contribution in [0.15, 0.2) is 78.9 Å². The summed E-state index contributed by atoms with van der Waals surface area (Å²) < 4.78 is 33.5.